The minimum Gasteiger partial charge on any atom is -0.357 e. The average molecular weight is 336 g/mol. The van der Waals surface area contributed by atoms with E-state index in [4.69, 9.17) is 0 Å². The van der Waals surface area contributed by atoms with E-state index in [2.05, 4.69) is 50.8 Å². The third kappa shape index (κ3) is 6.29. The summed E-state index contributed by atoms with van der Waals surface area (Å²) in [5.41, 5.74) is 1.21. The standard InChI is InChI=1S/C17H29N5S/c1-3-18-17(20-9-12-23-2)21-14-15-7-8-19-16(13-15)22-10-5-4-6-11-22/h7-8,13H,3-6,9-12,14H2,1-2H3,(H2,18,20,21). The van der Waals surface area contributed by atoms with Gasteiger partial charge in [0, 0.05) is 38.1 Å². The molecule has 0 aromatic carbocycles. The fraction of sp³-hybridized carbons (Fsp3) is 0.647. The third-order valence-corrected chi connectivity index (χ3v) is 4.46. The Balaban J connectivity index is 1.95. The van der Waals surface area contributed by atoms with Crippen LogP contribution in [0.4, 0.5) is 5.82 Å². The zero-order chi connectivity index (χ0) is 16.3. The zero-order valence-corrected chi connectivity index (χ0v) is 15.2. The quantitative estimate of drug-likeness (QED) is 0.455. The normalized spacial score (nSPS) is 15.6. The third-order valence-electron chi connectivity index (χ3n) is 3.85. The van der Waals surface area contributed by atoms with Crippen LogP contribution in [-0.4, -0.2) is 49.1 Å². The van der Waals surface area contributed by atoms with Crippen molar-refractivity contribution in [3.8, 4) is 0 Å². The Morgan fingerprint density at radius 3 is 2.87 bits per heavy atom. The number of nitrogens with zero attached hydrogens (tertiary/aromatic N) is 3. The van der Waals surface area contributed by atoms with Gasteiger partial charge in [0.1, 0.15) is 5.82 Å². The Morgan fingerprint density at radius 1 is 1.30 bits per heavy atom. The first-order chi connectivity index (χ1) is 11.3. The second-order valence-corrected chi connectivity index (χ2v) is 6.67. The van der Waals surface area contributed by atoms with Crippen molar-refractivity contribution < 1.29 is 0 Å². The molecule has 0 atom stereocenters. The maximum Gasteiger partial charge on any atom is 0.191 e. The van der Waals surface area contributed by atoms with Gasteiger partial charge in [-0.15, -0.1) is 0 Å². The number of rotatable bonds is 7. The minimum atomic E-state index is 0.679. The Morgan fingerprint density at radius 2 is 2.13 bits per heavy atom. The number of aromatic nitrogens is 1. The highest BCUT2D eigenvalue weighted by Crippen LogP contribution is 2.18. The van der Waals surface area contributed by atoms with E-state index < -0.39 is 0 Å². The number of hydrogen-bond acceptors (Lipinski definition) is 4. The van der Waals surface area contributed by atoms with Crippen LogP contribution in [0.25, 0.3) is 0 Å². The number of pyridine rings is 1. The SMILES string of the molecule is CCNC(=NCc1ccnc(N2CCCCC2)c1)NCCSC. The van der Waals surface area contributed by atoms with E-state index in [1.165, 1.54) is 24.8 Å². The molecule has 1 aliphatic rings. The summed E-state index contributed by atoms with van der Waals surface area (Å²) in [6, 6.07) is 4.24. The lowest BCUT2D eigenvalue weighted by atomic mass is 10.1. The second-order valence-electron chi connectivity index (χ2n) is 5.68. The molecular weight excluding hydrogens is 306 g/mol. The number of nitrogens with one attached hydrogen (secondary N) is 2. The fourth-order valence-electron chi connectivity index (χ4n) is 2.64. The predicted molar refractivity (Wildman–Crippen MR) is 102 cm³/mol. The largest absolute Gasteiger partial charge is 0.357 e. The first kappa shape index (κ1) is 17.9. The Labute approximate surface area is 144 Å². The van der Waals surface area contributed by atoms with Gasteiger partial charge in [0.05, 0.1) is 6.54 Å². The maximum absolute atomic E-state index is 4.68. The Hall–Kier alpha value is -1.43. The molecule has 5 nitrogen and oxygen atoms in total. The molecule has 0 amide bonds. The van der Waals surface area contributed by atoms with E-state index in [9.17, 15) is 0 Å². The molecule has 23 heavy (non-hydrogen) atoms. The Kier molecular flexibility index (Phi) is 8.07. The second kappa shape index (κ2) is 10.4. The molecule has 1 fully saturated rings. The molecule has 6 heteroatoms. The van der Waals surface area contributed by atoms with E-state index in [0.717, 1.165) is 43.7 Å². The molecule has 0 bridgehead atoms. The molecule has 1 aliphatic heterocycles. The molecule has 1 saturated heterocycles. The summed E-state index contributed by atoms with van der Waals surface area (Å²) in [4.78, 5) is 11.6. The van der Waals surface area contributed by atoms with Crippen molar-refractivity contribution in [1.29, 1.82) is 0 Å². The van der Waals surface area contributed by atoms with Crippen LogP contribution < -0.4 is 15.5 Å². The molecule has 0 aliphatic carbocycles. The molecule has 2 N–H and O–H groups in total. The highest BCUT2D eigenvalue weighted by molar-refractivity contribution is 7.98. The lowest BCUT2D eigenvalue weighted by Gasteiger charge is -2.27. The van der Waals surface area contributed by atoms with Crippen LogP contribution in [0.3, 0.4) is 0 Å². The van der Waals surface area contributed by atoms with Gasteiger partial charge in [-0.3, -0.25) is 0 Å². The molecule has 0 saturated carbocycles. The molecule has 128 valence electrons. The van der Waals surface area contributed by atoms with Crippen molar-refractivity contribution in [2.24, 2.45) is 4.99 Å². The van der Waals surface area contributed by atoms with Gasteiger partial charge in [0.15, 0.2) is 5.96 Å². The monoisotopic (exact) mass is 335 g/mol. The van der Waals surface area contributed by atoms with Crippen LogP contribution in [0, 0.1) is 0 Å². The summed E-state index contributed by atoms with van der Waals surface area (Å²) in [6.07, 6.45) is 7.91. The van der Waals surface area contributed by atoms with Crippen molar-refractivity contribution in [1.82, 2.24) is 15.6 Å². The van der Waals surface area contributed by atoms with Gasteiger partial charge in [-0.1, -0.05) is 0 Å². The minimum absolute atomic E-state index is 0.679. The lowest BCUT2D eigenvalue weighted by molar-refractivity contribution is 0.573. The van der Waals surface area contributed by atoms with Crippen molar-refractivity contribution in [3.63, 3.8) is 0 Å². The highest BCUT2D eigenvalue weighted by atomic mass is 32.2. The summed E-state index contributed by atoms with van der Waals surface area (Å²) >= 11 is 1.83. The molecule has 1 aromatic heterocycles. The highest BCUT2D eigenvalue weighted by Gasteiger charge is 2.12. The van der Waals surface area contributed by atoms with E-state index in [1.54, 1.807) is 0 Å². The molecule has 2 rings (SSSR count). The average Bonchev–Trinajstić information content (AvgIpc) is 2.61. The molecule has 1 aromatic rings. The summed E-state index contributed by atoms with van der Waals surface area (Å²) in [5, 5.41) is 6.66. The van der Waals surface area contributed by atoms with Crippen molar-refractivity contribution in [2.75, 3.05) is 43.1 Å². The van der Waals surface area contributed by atoms with E-state index in [0.29, 0.717) is 6.54 Å². The molecule has 0 unspecified atom stereocenters. The van der Waals surface area contributed by atoms with Crippen LogP contribution in [0.5, 0.6) is 0 Å². The number of guanidine groups is 1. The van der Waals surface area contributed by atoms with Crippen LogP contribution >= 0.6 is 11.8 Å². The Bertz CT molecular complexity index is 486. The topological polar surface area (TPSA) is 52.6 Å². The maximum atomic E-state index is 4.68. The van der Waals surface area contributed by atoms with Crippen molar-refractivity contribution in [2.45, 2.75) is 32.7 Å². The summed E-state index contributed by atoms with van der Waals surface area (Å²) in [5.74, 6) is 3.06. The molecule has 2 heterocycles. The van der Waals surface area contributed by atoms with Gasteiger partial charge in [0.2, 0.25) is 0 Å². The number of aliphatic imine (C=N–C) groups is 1. The van der Waals surface area contributed by atoms with Gasteiger partial charge in [0.25, 0.3) is 0 Å². The van der Waals surface area contributed by atoms with Gasteiger partial charge >= 0.3 is 0 Å². The molecular formula is C17H29N5S. The van der Waals surface area contributed by atoms with Crippen LogP contribution in [-0.2, 0) is 6.54 Å². The summed E-state index contributed by atoms with van der Waals surface area (Å²) in [6.45, 7) is 6.82. The summed E-state index contributed by atoms with van der Waals surface area (Å²) < 4.78 is 0. The summed E-state index contributed by atoms with van der Waals surface area (Å²) in [7, 11) is 0. The van der Waals surface area contributed by atoms with Gasteiger partial charge < -0.3 is 15.5 Å². The zero-order valence-electron chi connectivity index (χ0n) is 14.3. The van der Waals surface area contributed by atoms with E-state index in [-0.39, 0.29) is 0 Å². The van der Waals surface area contributed by atoms with Gasteiger partial charge in [-0.2, -0.15) is 11.8 Å². The number of anilines is 1. The van der Waals surface area contributed by atoms with Crippen LogP contribution in [0.1, 0.15) is 31.7 Å². The fourth-order valence-corrected chi connectivity index (χ4v) is 2.94. The number of piperidine rings is 1. The van der Waals surface area contributed by atoms with Crippen molar-refractivity contribution >= 4 is 23.5 Å². The van der Waals surface area contributed by atoms with Crippen LogP contribution in [0.2, 0.25) is 0 Å². The van der Waals surface area contributed by atoms with Gasteiger partial charge in [-0.25, -0.2) is 9.98 Å². The predicted octanol–water partition coefficient (Wildman–Crippen LogP) is 2.49. The van der Waals surface area contributed by atoms with Crippen molar-refractivity contribution in [3.05, 3.63) is 23.9 Å². The number of hydrogen-bond donors (Lipinski definition) is 2. The van der Waals surface area contributed by atoms with E-state index >= 15 is 0 Å². The first-order valence-corrected chi connectivity index (χ1v) is 9.94. The number of thioether (sulfide) groups is 1. The van der Waals surface area contributed by atoms with Crippen LogP contribution in [0.15, 0.2) is 23.3 Å². The first-order valence-electron chi connectivity index (χ1n) is 8.54. The van der Waals surface area contributed by atoms with E-state index in [1.807, 2.05) is 18.0 Å². The van der Waals surface area contributed by atoms with Gasteiger partial charge in [-0.05, 0) is 50.1 Å². The molecule has 0 spiro atoms. The molecule has 0 radical (unpaired) electrons. The smallest absolute Gasteiger partial charge is 0.191 e. The lowest BCUT2D eigenvalue weighted by Crippen LogP contribution is -2.38.